The number of imidazole rings is 1. The van der Waals surface area contributed by atoms with E-state index in [1.165, 1.54) is 32.1 Å². The molecule has 0 aliphatic carbocycles. The fourth-order valence-corrected chi connectivity index (χ4v) is 2.73. The molecule has 1 N–H and O–H groups in total. The van der Waals surface area contributed by atoms with E-state index < -0.39 is 0 Å². The summed E-state index contributed by atoms with van der Waals surface area (Å²) < 4.78 is 0. The lowest BCUT2D eigenvalue weighted by atomic mass is 9.76. The second kappa shape index (κ2) is 8.93. The summed E-state index contributed by atoms with van der Waals surface area (Å²) in [6, 6.07) is 0. The number of ketones is 1. The Hall–Kier alpha value is -1.12. The van der Waals surface area contributed by atoms with Crippen LogP contribution < -0.4 is 0 Å². The SMILES string of the molecule is CCCCCCC(C)(CCCCC)C(=O)c1ncc[nH]1. The third-order valence-electron chi connectivity index (χ3n) is 4.18. The molecule has 0 aromatic carbocycles. The number of hydrogen-bond donors (Lipinski definition) is 1. The van der Waals surface area contributed by atoms with Gasteiger partial charge in [0.15, 0.2) is 5.82 Å². The Morgan fingerprint density at radius 3 is 2.25 bits per heavy atom. The average molecular weight is 278 g/mol. The van der Waals surface area contributed by atoms with E-state index in [1.54, 1.807) is 12.4 Å². The maximum atomic E-state index is 12.7. The lowest BCUT2D eigenvalue weighted by Crippen LogP contribution is -2.29. The number of nitrogens with one attached hydrogen (secondary N) is 1. The molecule has 1 heterocycles. The van der Waals surface area contributed by atoms with Crippen LogP contribution in [0.5, 0.6) is 0 Å². The summed E-state index contributed by atoms with van der Waals surface area (Å²) >= 11 is 0. The van der Waals surface area contributed by atoms with Gasteiger partial charge in [0.05, 0.1) is 0 Å². The molecule has 3 nitrogen and oxygen atoms in total. The van der Waals surface area contributed by atoms with Crippen molar-refractivity contribution in [2.75, 3.05) is 0 Å². The molecular weight excluding hydrogens is 248 g/mol. The van der Waals surface area contributed by atoms with Crippen LogP contribution in [0.1, 0.15) is 89.2 Å². The minimum atomic E-state index is -0.249. The van der Waals surface area contributed by atoms with Crippen molar-refractivity contribution in [2.24, 2.45) is 5.41 Å². The highest BCUT2D eigenvalue weighted by molar-refractivity contribution is 5.97. The number of unbranched alkanes of at least 4 members (excludes halogenated alkanes) is 5. The molecule has 1 unspecified atom stereocenters. The zero-order valence-electron chi connectivity index (χ0n) is 13.4. The monoisotopic (exact) mass is 278 g/mol. The van der Waals surface area contributed by atoms with Crippen LogP contribution in [-0.2, 0) is 0 Å². The van der Waals surface area contributed by atoms with Crippen LogP contribution in [0.4, 0.5) is 0 Å². The molecule has 0 aliphatic rings. The van der Waals surface area contributed by atoms with Gasteiger partial charge < -0.3 is 4.98 Å². The lowest BCUT2D eigenvalue weighted by molar-refractivity contribution is 0.0766. The number of nitrogens with zero attached hydrogens (tertiary/aromatic N) is 1. The second-order valence-electron chi connectivity index (χ2n) is 6.10. The first-order chi connectivity index (χ1) is 9.64. The van der Waals surface area contributed by atoms with Gasteiger partial charge in [0.1, 0.15) is 0 Å². The molecule has 114 valence electrons. The number of carbonyl (C=O) groups excluding carboxylic acids is 1. The van der Waals surface area contributed by atoms with Crippen LogP contribution in [-0.4, -0.2) is 15.8 Å². The van der Waals surface area contributed by atoms with Gasteiger partial charge in [0.2, 0.25) is 5.78 Å². The summed E-state index contributed by atoms with van der Waals surface area (Å²) in [6.45, 7) is 6.54. The van der Waals surface area contributed by atoms with E-state index >= 15 is 0 Å². The Labute approximate surface area is 123 Å². The summed E-state index contributed by atoms with van der Waals surface area (Å²) in [5.41, 5.74) is -0.249. The van der Waals surface area contributed by atoms with Crippen LogP contribution in [0, 0.1) is 5.41 Å². The molecule has 1 aromatic rings. The zero-order valence-corrected chi connectivity index (χ0v) is 13.4. The van der Waals surface area contributed by atoms with Crippen molar-refractivity contribution in [2.45, 2.75) is 78.6 Å². The predicted octanol–water partition coefficient (Wildman–Crippen LogP) is 5.15. The highest BCUT2D eigenvalue weighted by Gasteiger charge is 2.34. The highest BCUT2D eigenvalue weighted by atomic mass is 16.1. The van der Waals surface area contributed by atoms with Gasteiger partial charge in [-0.05, 0) is 12.8 Å². The van der Waals surface area contributed by atoms with Gasteiger partial charge in [-0.3, -0.25) is 4.79 Å². The molecular formula is C17H30N2O. The molecule has 0 bridgehead atoms. The topological polar surface area (TPSA) is 45.8 Å². The Morgan fingerprint density at radius 2 is 1.70 bits per heavy atom. The van der Waals surface area contributed by atoms with E-state index in [0.717, 1.165) is 25.7 Å². The first-order valence-electron chi connectivity index (χ1n) is 8.18. The summed E-state index contributed by atoms with van der Waals surface area (Å²) in [5.74, 6) is 0.717. The van der Waals surface area contributed by atoms with E-state index in [2.05, 4.69) is 30.7 Å². The van der Waals surface area contributed by atoms with Gasteiger partial charge in [0, 0.05) is 17.8 Å². The Bertz CT molecular complexity index is 372. The maximum Gasteiger partial charge on any atom is 0.203 e. The number of rotatable bonds is 11. The van der Waals surface area contributed by atoms with Crippen molar-refractivity contribution in [3.05, 3.63) is 18.2 Å². The van der Waals surface area contributed by atoms with Crippen molar-refractivity contribution in [1.82, 2.24) is 9.97 Å². The number of aromatic amines is 1. The molecule has 0 amide bonds. The number of Topliss-reactive ketones (excluding diaryl/α,β-unsaturated/α-hetero) is 1. The van der Waals surface area contributed by atoms with Crippen molar-refractivity contribution >= 4 is 5.78 Å². The number of hydrogen-bond acceptors (Lipinski definition) is 2. The van der Waals surface area contributed by atoms with Crippen LogP contribution in [0.3, 0.4) is 0 Å². The summed E-state index contributed by atoms with van der Waals surface area (Å²) in [7, 11) is 0. The maximum absolute atomic E-state index is 12.7. The van der Waals surface area contributed by atoms with E-state index in [1.807, 2.05) is 0 Å². The molecule has 0 radical (unpaired) electrons. The van der Waals surface area contributed by atoms with E-state index in [0.29, 0.717) is 5.82 Å². The van der Waals surface area contributed by atoms with Gasteiger partial charge >= 0.3 is 0 Å². The molecule has 0 saturated carbocycles. The fraction of sp³-hybridized carbons (Fsp3) is 0.765. The standard InChI is InChI=1S/C17H30N2O/c1-4-6-8-10-12-17(3,11-9-7-5-2)15(20)16-18-13-14-19-16/h13-14H,4-12H2,1-3H3,(H,18,19). The van der Waals surface area contributed by atoms with Crippen molar-refractivity contribution in [3.8, 4) is 0 Å². The number of carbonyl (C=O) groups is 1. The largest absolute Gasteiger partial charge is 0.342 e. The Morgan fingerprint density at radius 1 is 1.10 bits per heavy atom. The average Bonchev–Trinajstić information content (AvgIpc) is 2.97. The normalized spacial score (nSPS) is 14.2. The van der Waals surface area contributed by atoms with Crippen molar-refractivity contribution in [3.63, 3.8) is 0 Å². The predicted molar refractivity (Wildman–Crippen MR) is 83.9 cm³/mol. The smallest absolute Gasteiger partial charge is 0.203 e. The summed E-state index contributed by atoms with van der Waals surface area (Å²) in [4.78, 5) is 19.8. The van der Waals surface area contributed by atoms with Crippen molar-refractivity contribution < 1.29 is 4.79 Å². The van der Waals surface area contributed by atoms with Gasteiger partial charge in [-0.1, -0.05) is 65.7 Å². The van der Waals surface area contributed by atoms with E-state index in [9.17, 15) is 4.79 Å². The Balaban J connectivity index is 2.64. The molecule has 0 spiro atoms. The molecule has 20 heavy (non-hydrogen) atoms. The van der Waals surface area contributed by atoms with Gasteiger partial charge in [-0.25, -0.2) is 4.98 Å². The number of aromatic nitrogens is 2. The summed E-state index contributed by atoms with van der Waals surface area (Å²) in [5, 5.41) is 0. The first-order valence-corrected chi connectivity index (χ1v) is 8.18. The Kier molecular flexibility index (Phi) is 7.56. The molecule has 1 rings (SSSR count). The third-order valence-corrected chi connectivity index (χ3v) is 4.18. The van der Waals surface area contributed by atoms with Crippen LogP contribution in [0.2, 0.25) is 0 Å². The zero-order chi connectivity index (χ0) is 14.8. The molecule has 0 fully saturated rings. The molecule has 1 aromatic heterocycles. The third kappa shape index (κ3) is 5.10. The van der Waals surface area contributed by atoms with Gasteiger partial charge in [-0.2, -0.15) is 0 Å². The van der Waals surface area contributed by atoms with E-state index in [4.69, 9.17) is 0 Å². The highest BCUT2D eigenvalue weighted by Crippen LogP contribution is 2.34. The van der Waals surface area contributed by atoms with Crippen LogP contribution >= 0.6 is 0 Å². The van der Waals surface area contributed by atoms with Crippen LogP contribution in [0.25, 0.3) is 0 Å². The minimum absolute atomic E-state index is 0.190. The first kappa shape index (κ1) is 16.9. The second-order valence-corrected chi connectivity index (χ2v) is 6.10. The number of H-pyrrole nitrogens is 1. The van der Waals surface area contributed by atoms with Crippen molar-refractivity contribution in [1.29, 1.82) is 0 Å². The van der Waals surface area contributed by atoms with Gasteiger partial charge in [-0.15, -0.1) is 0 Å². The molecule has 1 atom stereocenters. The van der Waals surface area contributed by atoms with Gasteiger partial charge in [0.25, 0.3) is 0 Å². The molecule has 3 heteroatoms. The fourth-order valence-electron chi connectivity index (χ4n) is 2.73. The molecule has 0 aliphatic heterocycles. The van der Waals surface area contributed by atoms with Crippen LogP contribution in [0.15, 0.2) is 12.4 Å². The minimum Gasteiger partial charge on any atom is -0.342 e. The molecule has 0 saturated heterocycles. The quantitative estimate of drug-likeness (QED) is 0.449. The summed E-state index contributed by atoms with van der Waals surface area (Å²) in [6.07, 6.45) is 13.8. The van der Waals surface area contributed by atoms with E-state index in [-0.39, 0.29) is 11.2 Å². The lowest BCUT2D eigenvalue weighted by Gasteiger charge is -2.27.